The van der Waals surface area contributed by atoms with Crippen molar-refractivity contribution in [1.29, 1.82) is 0 Å². The van der Waals surface area contributed by atoms with Crippen LogP contribution in [0.3, 0.4) is 0 Å². The van der Waals surface area contributed by atoms with Crippen molar-refractivity contribution >= 4 is 29.7 Å². The van der Waals surface area contributed by atoms with Crippen LogP contribution in [0, 0.1) is 0 Å². The van der Waals surface area contributed by atoms with Crippen molar-refractivity contribution in [2.45, 2.75) is 35.9 Å². The van der Waals surface area contributed by atoms with Gasteiger partial charge >= 0.3 is 263 Å². The van der Waals surface area contributed by atoms with E-state index in [4.69, 9.17) is 13.6 Å². The van der Waals surface area contributed by atoms with Crippen LogP contribution in [0.2, 0.25) is 0 Å². The van der Waals surface area contributed by atoms with Gasteiger partial charge in [0.05, 0.1) is 0 Å². The number of hydrogen-bond donors (Lipinski definition) is 0. The molecule has 6 rings (SSSR count). The van der Waals surface area contributed by atoms with E-state index in [1.54, 1.807) is 6.07 Å². The Morgan fingerprint density at radius 2 is 0.854 bits per heavy atom. The number of halogens is 12. The molecule has 0 saturated carbocycles. The maximum atomic E-state index is 15.0. The van der Waals surface area contributed by atoms with Gasteiger partial charge < -0.3 is 0 Å². The van der Waals surface area contributed by atoms with Gasteiger partial charge in [-0.25, -0.2) is 0 Å². The van der Waals surface area contributed by atoms with Crippen molar-refractivity contribution in [3.8, 4) is 0 Å². The molecule has 0 radical (unpaired) electrons. The van der Waals surface area contributed by atoms with Crippen molar-refractivity contribution < 1.29 is 66.3 Å². The zero-order chi connectivity index (χ0) is 35.0. The summed E-state index contributed by atoms with van der Waals surface area (Å²) in [6.45, 7) is 0. The SMILES string of the molecule is FC(F)(F)C1(C(F)(F)F)OP2(O/C(=C/c3ccccc3)c3ccccc3)(OC(C(F)(F)F)(C(F)(F)F)c3ccccc32)c2ccccc21. The molecule has 254 valence electrons. The fraction of sp³-hybridized carbons (Fsp3) is 0.188. The Balaban J connectivity index is 1.84. The Bertz CT molecular complexity index is 1760. The molecule has 0 unspecified atom stereocenters. The van der Waals surface area contributed by atoms with Crippen LogP contribution in [0.1, 0.15) is 22.3 Å². The van der Waals surface area contributed by atoms with Crippen LogP contribution in [0.15, 0.2) is 109 Å². The third-order valence-corrected chi connectivity index (χ3v) is 12.2. The van der Waals surface area contributed by atoms with Crippen molar-refractivity contribution in [1.82, 2.24) is 0 Å². The minimum absolute atomic E-state index is 0.156. The third-order valence-electron chi connectivity index (χ3n) is 8.02. The monoisotopic (exact) mass is 710 g/mol. The maximum absolute atomic E-state index is 15.0. The molecule has 2 aliphatic heterocycles. The van der Waals surface area contributed by atoms with Gasteiger partial charge in [0.25, 0.3) is 0 Å². The van der Waals surface area contributed by atoms with Gasteiger partial charge in [-0.2, -0.15) is 0 Å². The van der Waals surface area contributed by atoms with E-state index in [9.17, 15) is 0 Å². The molecule has 0 fully saturated rings. The van der Waals surface area contributed by atoms with Crippen molar-refractivity contribution in [2.24, 2.45) is 0 Å². The average Bonchev–Trinajstić information content (AvgIpc) is 3.45. The summed E-state index contributed by atoms with van der Waals surface area (Å²) >= 11 is 0. The number of alkyl halides is 12. The van der Waals surface area contributed by atoms with Crippen molar-refractivity contribution in [2.75, 3.05) is 0 Å². The first-order chi connectivity index (χ1) is 22.2. The summed E-state index contributed by atoms with van der Waals surface area (Å²) < 4.78 is 197. The number of benzene rings is 4. The molecule has 2 aliphatic rings. The first-order valence-corrected chi connectivity index (χ1v) is 15.7. The fourth-order valence-electron chi connectivity index (χ4n) is 6.08. The van der Waals surface area contributed by atoms with Crippen LogP contribution >= 0.6 is 7.28 Å². The van der Waals surface area contributed by atoms with Crippen LogP contribution in [0.4, 0.5) is 52.7 Å². The number of hydrogen-bond acceptors (Lipinski definition) is 3. The second kappa shape index (κ2) is 10.5. The topological polar surface area (TPSA) is 27.7 Å². The summed E-state index contributed by atoms with van der Waals surface area (Å²) in [5.41, 5.74) is -14.7. The molecule has 0 saturated heterocycles. The molecule has 0 aliphatic carbocycles. The Morgan fingerprint density at radius 3 is 1.25 bits per heavy atom. The molecule has 0 amide bonds. The van der Waals surface area contributed by atoms with Gasteiger partial charge in [0.2, 0.25) is 0 Å². The molecule has 0 N–H and O–H groups in total. The number of fused-ring (bicyclic) bond motifs is 4. The summed E-state index contributed by atoms with van der Waals surface area (Å²) in [7, 11) is -7.47. The van der Waals surface area contributed by atoms with Crippen LogP contribution < -0.4 is 10.6 Å². The standard InChI is InChI=1S/C32H19F12O3P/c33-29(34,35)27(30(36,37)38)22-15-7-9-17-25(22)48(46-27,45-24(21-13-5-2-6-14-21)19-20-11-3-1-4-12-20)26-18-10-8-16-23(26)28(47-48,31(39,40)41)32(42,43)44/h1-19H/b24-19+. The summed E-state index contributed by atoms with van der Waals surface area (Å²) in [5, 5.41) is -2.84. The molecular formula is C32H19F12O3P. The first kappa shape index (κ1) is 33.8. The molecule has 0 aromatic heterocycles. The molecule has 3 nitrogen and oxygen atoms in total. The molecule has 16 heteroatoms. The Morgan fingerprint density at radius 1 is 0.500 bits per heavy atom. The first-order valence-electron chi connectivity index (χ1n) is 13.7. The van der Waals surface area contributed by atoms with E-state index >= 15 is 52.7 Å². The predicted octanol–water partition coefficient (Wildman–Crippen LogP) is 9.85. The molecule has 1 spiro atoms. The van der Waals surface area contributed by atoms with Crippen LogP contribution in [0.5, 0.6) is 0 Å². The molecule has 4 aromatic carbocycles. The zero-order valence-corrected chi connectivity index (χ0v) is 24.6. The second-order valence-electron chi connectivity index (χ2n) is 10.8. The molecular weight excluding hydrogens is 691 g/mol. The van der Waals surface area contributed by atoms with Gasteiger partial charge in [0, 0.05) is 0 Å². The summed E-state index contributed by atoms with van der Waals surface area (Å²) in [4.78, 5) is 0. The molecule has 48 heavy (non-hydrogen) atoms. The van der Waals surface area contributed by atoms with E-state index in [2.05, 4.69) is 0 Å². The summed E-state index contributed by atoms with van der Waals surface area (Å²) in [6.07, 6.45) is -25.1. The molecule has 4 aromatic rings. The molecule has 0 bridgehead atoms. The van der Waals surface area contributed by atoms with E-state index in [1.165, 1.54) is 54.6 Å². The van der Waals surface area contributed by atoms with Gasteiger partial charge in [0.15, 0.2) is 0 Å². The van der Waals surface area contributed by atoms with Gasteiger partial charge in [-0.3, -0.25) is 0 Å². The Kier molecular flexibility index (Phi) is 7.37. The van der Waals surface area contributed by atoms with Crippen molar-refractivity contribution in [3.63, 3.8) is 0 Å². The second-order valence-corrected chi connectivity index (χ2v) is 14.1. The van der Waals surface area contributed by atoms with E-state index in [0.717, 1.165) is 18.2 Å². The van der Waals surface area contributed by atoms with Crippen LogP contribution in [-0.4, -0.2) is 24.7 Å². The average molecular weight is 710 g/mol. The van der Waals surface area contributed by atoms with E-state index < -0.39 is 70.7 Å². The van der Waals surface area contributed by atoms with Gasteiger partial charge in [-0.05, 0) is 0 Å². The van der Waals surface area contributed by atoms with E-state index in [-0.39, 0.29) is 23.3 Å². The predicted molar refractivity (Wildman–Crippen MR) is 151 cm³/mol. The normalized spacial score (nSPS) is 20.4. The zero-order valence-electron chi connectivity index (χ0n) is 23.7. The van der Waals surface area contributed by atoms with Crippen LogP contribution in [0.25, 0.3) is 11.8 Å². The summed E-state index contributed by atoms with van der Waals surface area (Å²) in [5.74, 6) is -0.746. The van der Waals surface area contributed by atoms with Gasteiger partial charge in [-0.15, -0.1) is 0 Å². The quantitative estimate of drug-likeness (QED) is 0.0914. The Labute approximate surface area is 263 Å². The minimum atomic E-state index is -7.47. The third kappa shape index (κ3) is 4.43. The van der Waals surface area contributed by atoms with Gasteiger partial charge in [0.1, 0.15) is 0 Å². The molecule has 2 heterocycles. The Hall–Kier alpha value is -4.07. The number of rotatable bonds is 4. The molecule has 0 atom stereocenters. The van der Waals surface area contributed by atoms with Crippen LogP contribution in [-0.2, 0) is 24.8 Å². The van der Waals surface area contributed by atoms with Crippen molar-refractivity contribution in [3.05, 3.63) is 131 Å². The van der Waals surface area contributed by atoms with E-state index in [0.29, 0.717) is 24.3 Å². The summed E-state index contributed by atoms with van der Waals surface area (Å²) in [6, 6.07) is 18.5. The fourth-order valence-corrected chi connectivity index (χ4v) is 11.1. The van der Waals surface area contributed by atoms with E-state index in [1.807, 2.05) is 0 Å². The van der Waals surface area contributed by atoms with Gasteiger partial charge in [-0.1, -0.05) is 0 Å².